The van der Waals surface area contributed by atoms with Gasteiger partial charge in [-0.3, -0.25) is 4.79 Å². The summed E-state index contributed by atoms with van der Waals surface area (Å²) in [6.45, 7) is 0.923. The molecule has 26 heavy (non-hydrogen) atoms. The number of carbonyl (C=O) groups is 1. The lowest BCUT2D eigenvalue weighted by Gasteiger charge is -2.10. The van der Waals surface area contributed by atoms with E-state index in [1.807, 2.05) is 36.4 Å². The van der Waals surface area contributed by atoms with E-state index in [1.54, 1.807) is 19.2 Å². The molecule has 132 valence electrons. The van der Waals surface area contributed by atoms with E-state index in [0.29, 0.717) is 16.9 Å². The normalized spacial score (nSPS) is 10.8. The first-order valence-electron chi connectivity index (χ1n) is 8.60. The summed E-state index contributed by atoms with van der Waals surface area (Å²) in [4.78, 5) is 14.9. The molecule has 0 unspecified atom stereocenters. The highest BCUT2D eigenvalue weighted by molar-refractivity contribution is 6.10. The topological polar surface area (TPSA) is 29.5 Å². The van der Waals surface area contributed by atoms with Crippen LogP contribution in [-0.4, -0.2) is 31.9 Å². The van der Waals surface area contributed by atoms with E-state index in [9.17, 15) is 4.79 Å². The van der Waals surface area contributed by atoms with Crippen LogP contribution >= 0.6 is 0 Å². The summed E-state index contributed by atoms with van der Waals surface area (Å²) in [5.74, 6) is 0.563. The van der Waals surface area contributed by atoms with Crippen LogP contribution < -0.4 is 4.74 Å². The molecule has 0 aliphatic rings. The minimum absolute atomic E-state index is 0.0321. The second-order valence-electron chi connectivity index (χ2n) is 6.54. The molecule has 0 heterocycles. The Hall–Kier alpha value is -2.91. The van der Waals surface area contributed by atoms with Gasteiger partial charge in [0.2, 0.25) is 0 Å². The average molecular weight is 345 g/mol. The van der Waals surface area contributed by atoms with Gasteiger partial charge in [-0.15, -0.1) is 0 Å². The quantitative estimate of drug-likeness (QED) is 0.609. The molecule has 0 amide bonds. The molecule has 3 aromatic rings. The zero-order valence-corrected chi connectivity index (χ0v) is 15.4. The van der Waals surface area contributed by atoms with Gasteiger partial charge in [0.25, 0.3) is 0 Å². The van der Waals surface area contributed by atoms with Gasteiger partial charge in [0.1, 0.15) is 5.75 Å². The Bertz CT molecular complexity index is 881. The molecule has 0 spiro atoms. The zero-order chi connectivity index (χ0) is 18.5. The summed E-state index contributed by atoms with van der Waals surface area (Å²) >= 11 is 0. The fourth-order valence-corrected chi connectivity index (χ4v) is 2.97. The molecule has 0 radical (unpaired) electrons. The molecular weight excluding hydrogens is 322 g/mol. The molecule has 0 aliphatic carbocycles. The summed E-state index contributed by atoms with van der Waals surface area (Å²) in [5, 5.41) is 0. The van der Waals surface area contributed by atoms with Crippen LogP contribution in [0.5, 0.6) is 5.75 Å². The van der Waals surface area contributed by atoms with Crippen molar-refractivity contribution in [1.82, 2.24) is 4.90 Å². The van der Waals surface area contributed by atoms with Crippen molar-refractivity contribution in [3.8, 4) is 16.9 Å². The van der Waals surface area contributed by atoms with Gasteiger partial charge in [0, 0.05) is 12.1 Å². The molecule has 3 nitrogen and oxygen atoms in total. The van der Waals surface area contributed by atoms with Gasteiger partial charge in [-0.05, 0) is 42.9 Å². The summed E-state index contributed by atoms with van der Waals surface area (Å²) in [5.41, 5.74) is 4.75. The number of methoxy groups -OCH3 is 1. The molecule has 0 N–H and O–H groups in total. The number of nitrogens with zero attached hydrogens (tertiary/aromatic N) is 1. The van der Waals surface area contributed by atoms with Crippen molar-refractivity contribution >= 4 is 5.78 Å². The van der Waals surface area contributed by atoms with Crippen molar-refractivity contribution in [3.63, 3.8) is 0 Å². The van der Waals surface area contributed by atoms with Gasteiger partial charge in [-0.25, -0.2) is 0 Å². The van der Waals surface area contributed by atoms with Crippen molar-refractivity contribution in [2.24, 2.45) is 0 Å². The fourth-order valence-electron chi connectivity index (χ4n) is 2.97. The Morgan fingerprint density at radius 2 is 1.42 bits per heavy atom. The van der Waals surface area contributed by atoms with Crippen molar-refractivity contribution in [3.05, 3.63) is 89.5 Å². The number of para-hydroxylation sites is 1. The number of hydrogen-bond acceptors (Lipinski definition) is 3. The van der Waals surface area contributed by atoms with E-state index < -0.39 is 0 Å². The second-order valence-corrected chi connectivity index (χ2v) is 6.54. The van der Waals surface area contributed by atoms with Crippen LogP contribution in [0.3, 0.4) is 0 Å². The molecular formula is C23H23NO2. The van der Waals surface area contributed by atoms with Crippen LogP contribution in [0.15, 0.2) is 72.8 Å². The molecule has 3 rings (SSSR count). The largest absolute Gasteiger partial charge is 0.496 e. The van der Waals surface area contributed by atoms with Gasteiger partial charge in [0.15, 0.2) is 5.78 Å². The highest BCUT2D eigenvalue weighted by atomic mass is 16.5. The van der Waals surface area contributed by atoms with E-state index >= 15 is 0 Å². The third kappa shape index (κ3) is 4.01. The lowest BCUT2D eigenvalue weighted by atomic mass is 9.98. The average Bonchev–Trinajstić information content (AvgIpc) is 2.67. The Labute approximate surface area is 154 Å². The number of carbonyl (C=O) groups excluding carboxylic acids is 1. The first kappa shape index (κ1) is 17.9. The molecule has 3 aromatic carbocycles. The SMILES string of the molecule is COc1ccccc1C(=O)c1ccc(-c2ccc(CN(C)C)cc2)cc1. The predicted molar refractivity (Wildman–Crippen MR) is 106 cm³/mol. The molecule has 0 bridgehead atoms. The van der Waals surface area contributed by atoms with Crippen molar-refractivity contribution < 1.29 is 9.53 Å². The Morgan fingerprint density at radius 3 is 2.00 bits per heavy atom. The first-order chi connectivity index (χ1) is 12.6. The summed E-state index contributed by atoms with van der Waals surface area (Å²) in [7, 11) is 5.70. The molecule has 0 fully saturated rings. The van der Waals surface area contributed by atoms with Crippen LogP contribution in [-0.2, 0) is 6.54 Å². The molecule has 3 heteroatoms. The van der Waals surface area contributed by atoms with Gasteiger partial charge in [-0.2, -0.15) is 0 Å². The number of ketones is 1. The van der Waals surface area contributed by atoms with Gasteiger partial charge in [0.05, 0.1) is 12.7 Å². The second kappa shape index (κ2) is 7.98. The third-order valence-corrected chi connectivity index (χ3v) is 4.28. The lowest BCUT2D eigenvalue weighted by molar-refractivity contribution is 0.103. The maximum Gasteiger partial charge on any atom is 0.196 e. The third-order valence-electron chi connectivity index (χ3n) is 4.28. The standard InChI is InChI=1S/C23H23NO2/c1-24(2)16-17-8-10-18(11-9-17)19-12-14-20(15-13-19)23(25)21-6-4-5-7-22(21)26-3/h4-15H,16H2,1-3H3. The number of benzene rings is 3. The Balaban J connectivity index is 1.81. The van der Waals surface area contributed by atoms with Gasteiger partial charge < -0.3 is 9.64 Å². The maximum atomic E-state index is 12.7. The van der Waals surface area contributed by atoms with E-state index in [4.69, 9.17) is 4.74 Å². The highest BCUT2D eigenvalue weighted by Crippen LogP contribution is 2.24. The van der Waals surface area contributed by atoms with Crippen molar-refractivity contribution in [2.75, 3.05) is 21.2 Å². The zero-order valence-electron chi connectivity index (χ0n) is 15.4. The van der Waals surface area contributed by atoms with Crippen LogP contribution in [0, 0.1) is 0 Å². The van der Waals surface area contributed by atoms with E-state index in [2.05, 4.69) is 43.3 Å². The van der Waals surface area contributed by atoms with Crippen LogP contribution in [0.4, 0.5) is 0 Å². The molecule has 0 atom stereocenters. The van der Waals surface area contributed by atoms with Gasteiger partial charge in [-0.1, -0.05) is 60.7 Å². The fraction of sp³-hybridized carbons (Fsp3) is 0.174. The van der Waals surface area contributed by atoms with E-state index in [-0.39, 0.29) is 5.78 Å². The molecule has 0 saturated heterocycles. The monoisotopic (exact) mass is 345 g/mol. The van der Waals surface area contributed by atoms with E-state index in [0.717, 1.165) is 17.7 Å². The van der Waals surface area contributed by atoms with Gasteiger partial charge >= 0.3 is 0 Å². The van der Waals surface area contributed by atoms with Crippen molar-refractivity contribution in [1.29, 1.82) is 0 Å². The maximum absolute atomic E-state index is 12.7. The number of ether oxygens (including phenoxy) is 1. The number of hydrogen-bond donors (Lipinski definition) is 0. The number of rotatable bonds is 6. The summed E-state index contributed by atoms with van der Waals surface area (Å²) < 4.78 is 5.30. The predicted octanol–water partition coefficient (Wildman–Crippen LogP) is 4.65. The minimum atomic E-state index is -0.0321. The minimum Gasteiger partial charge on any atom is -0.496 e. The van der Waals surface area contributed by atoms with E-state index in [1.165, 1.54) is 5.56 Å². The highest BCUT2D eigenvalue weighted by Gasteiger charge is 2.13. The summed E-state index contributed by atoms with van der Waals surface area (Å²) in [6.07, 6.45) is 0. The molecule has 0 saturated carbocycles. The molecule has 0 aliphatic heterocycles. The van der Waals surface area contributed by atoms with Crippen LogP contribution in [0.25, 0.3) is 11.1 Å². The lowest BCUT2D eigenvalue weighted by Crippen LogP contribution is -2.10. The molecule has 0 aromatic heterocycles. The van der Waals surface area contributed by atoms with Crippen LogP contribution in [0.2, 0.25) is 0 Å². The Kier molecular flexibility index (Phi) is 5.49. The Morgan fingerprint density at radius 1 is 0.846 bits per heavy atom. The van der Waals surface area contributed by atoms with Crippen LogP contribution in [0.1, 0.15) is 21.5 Å². The first-order valence-corrected chi connectivity index (χ1v) is 8.60. The smallest absolute Gasteiger partial charge is 0.196 e. The summed E-state index contributed by atoms with van der Waals surface area (Å²) in [6, 6.07) is 23.6. The van der Waals surface area contributed by atoms with Crippen molar-refractivity contribution in [2.45, 2.75) is 6.54 Å².